The average molecular weight is 251 g/mol. The van der Waals surface area contributed by atoms with Crippen molar-refractivity contribution in [3.8, 4) is 0 Å². The van der Waals surface area contributed by atoms with Gasteiger partial charge in [0.15, 0.2) is 5.96 Å². The Morgan fingerprint density at radius 3 is 3.11 bits per heavy atom. The SMILES string of the molecule is CCCCC(CC)CC1CCNC2=NCCCN21. The molecule has 0 radical (unpaired) electrons. The van der Waals surface area contributed by atoms with Crippen LogP contribution in [-0.4, -0.2) is 36.5 Å². The van der Waals surface area contributed by atoms with Gasteiger partial charge in [0.2, 0.25) is 0 Å². The summed E-state index contributed by atoms with van der Waals surface area (Å²) in [4.78, 5) is 7.17. The minimum atomic E-state index is 0.743. The predicted octanol–water partition coefficient (Wildman–Crippen LogP) is 3.02. The molecule has 2 aliphatic rings. The van der Waals surface area contributed by atoms with Crippen LogP contribution in [0, 0.1) is 5.92 Å². The minimum Gasteiger partial charge on any atom is -0.356 e. The van der Waals surface area contributed by atoms with Gasteiger partial charge in [0.25, 0.3) is 0 Å². The lowest BCUT2D eigenvalue weighted by atomic mass is 9.89. The molecule has 3 nitrogen and oxygen atoms in total. The lowest BCUT2D eigenvalue weighted by molar-refractivity contribution is 0.204. The molecule has 0 aromatic heterocycles. The van der Waals surface area contributed by atoms with E-state index in [2.05, 4.69) is 29.1 Å². The summed E-state index contributed by atoms with van der Waals surface area (Å²) in [6.45, 7) is 7.99. The van der Waals surface area contributed by atoms with E-state index in [4.69, 9.17) is 0 Å². The molecule has 18 heavy (non-hydrogen) atoms. The number of aliphatic imine (C=N–C) groups is 1. The number of hydrogen-bond acceptors (Lipinski definition) is 3. The average Bonchev–Trinajstić information content (AvgIpc) is 2.43. The van der Waals surface area contributed by atoms with Crippen molar-refractivity contribution < 1.29 is 0 Å². The van der Waals surface area contributed by atoms with Crippen LogP contribution in [0.2, 0.25) is 0 Å². The minimum absolute atomic E-state index is 0.743. The number of nitrogens with zero attached hydrogens (tertiary/aromatic N) is 2. The molecule has 0 bridgehead atoms. The quantitative estimate of drug-likeness (QED) is 0.786. The van der Waals surface area contributed by atoms with Gasteiger partial charge in [-0.25, -0.2) is 0 Å². The van der Waals surface area contributed by atoms with Crippen LogP contribution in [0.15, 0.2) is 4.99 Å². The summed E-state index contributed by atoms with van der Waals surface area (Å²) in [7, 11) is 0. The van der Waals surface area contributed by atoms with Crippen molar-refractivity contribution in [3.63, 3.8) is 0 Å². The Morgan fingerprint density at radius 1 is 1.44 bits per heavy atom. The zero-order valence-corrected chi connectivity index (χ0v) is 12.1. The topological polar surface area (TPSA) is 27.6 Å². The molecule has 1 N–H and O–H groups in total. The van der Waals surface area contributed by atoms with E-state index in [9.17, 15) is 0 Å². The number of rotatable bonds is 6. The van der Waals surface area contributed by atoms with E-state index in [-0.39, 0.29) is 0 Å². The number of fused-ring (bicyclic) bond motifs is 1. The third-order valence-corrected chi connectivity index (χ3v) is 4.44. The molecule has 3 heteroatoms. The lowest BCUT2D eigenvalue weighted by Gasteiger charge is -2.42. The largest absolute Gasteiger partial charge is 0.356 e. The van der Waals surface area contributed by atoms with Gasteiger partial charge in [-0.3, -0.25) is 4.99 Å². The van der Waals surface area contributed by atoms with Crippen LogP contribution in [-0.2, 0) is 0 Å². The predicted molar refractivity (Wildman–Crippen MR) is 78.0 cm³/mol. The molecular formula is C15H29N3. The van der Waals surface area contributed by atoms with Crippen LogP contribution in [0.3, 0.4) is 0 Å². The summed E-state index contributed by atoms with van der Waals surface area (Å²) in [6, 6.07) is 0.743. The van der Waals surface area contributed by atoms with Gasteiger partial charge in [0.05, 0.1) is 0 Å². The summed E-state index contributed by atoms with van der Waals surface area (Å²) in [5.74, 6) is 2.10. The van der Waals surface area contributed by atoms with Crippen molar-refractivity contribution in [2.75, 3.05) is 19.6 Å². The second-order valence-electron chi connectivity index (χ2n) is 5.77. The summed E-state index contributed by atoms with van der Waals surface area (Å²) in [5, 5.41) is 3.46. The molecular weight excluding hydrogens is 222 g/mol. The van der Waals surface area contributed by atoms with Gasteiger partial charge in [0.1, 0.15) is 0 Å². The highest BCUT2D eigenvalue weighted by molar-refractivity contribution is 5.81. The first-order valence-electron chi connectivity index (χ1n) is 7.90. The van der Waals surface area contributed by atoms with Crippen molar-refractivity contribution in [1.29, 1.82) is 0 Å². The second-order valence-corrected chi connectivity index (χ2v) is 5.77. The molecule has 0 aliphatic carbocycles. The fourth-order valence-corrected chi connectivity index (χ4v) is 3.25. The van der Waals surface area contributed by atoms with Gasteiger partial charge in [-0.1, -0.05) is 39.5 Å². The number of hydrogen-bond donors (Lipinski definition) is 1. The Morgan fingerprint density at radius 2 is 2.33 bits per heavy atom. The zero-order valence-electron chi connectivity index (χ0n) is 12.1. The first kappa shape index (κ1) is 13.7. The lowest BCUT2D eigenvalue weighted by Crippen LogP contribution is -2.55. The highest BCUT2D eigenvalue weighted by atomic mass is 15.3. The summed E-state index contributed by atoms with van der Waals surface area (Å²) in [6.07, 6.45) is 9.37. The number of unbranched alkanes of at least 4 members (excludes halogenated alkanes) is 1. The molecule has 0 amide bonds. The first-order valence-corrected chi connectivity index (χ1v) is 7.90. The van der Waals surface area contributed by atoms with Gasteiger partial charge in [-0.15, -0.1) is 0 Å². The molecule has 1 fully saturated rings. The Kier molecular flexibility index (Phi) is 5.33. The van der Waals surface area contributed by atoms with Crippen LogP contribution in [0.25, 0.3) is 0 Å². The fraction of sp³-hybridized carbons (Fsp3) is 0.933. The molecule has 2 heterocycles. The summed E-state index contributed by atoms with van der Waals surface area (Å²) < 4.78 is 0. The van der Waals surface area contributed by atoms with Crippen LogP contribution in [0.5, 0.6) is 0 Å². The monoisotopic (exact) mass is 251 g/mol. The van der Waals surface area contributed by atoms with Gasteiger partial charge in [-0.05, 0) is 25.2 Å². The second kappa shape index (κ2) is 7.01. The van der Waals surface area contributed by atoms with Gasteiger partial charge in [-0.2, -0.15) is 0 Å². The maximum Gasteiger partial charge on any atom is 0.194 e. The van der Waals surface area contributed by atoms with E-state index in [1.807, 2.05) is 0 Å². The van der Waals surface area contributed by atoms with E-state index in [1.165, 1.54) is 57.5 Å². The molecule has 0 aromatic carbocycles. The van der Waals surface area contributed by atoms with E-state index in [1.54, 1.807) is 0 Å². The Bertz CT molecular complexity index is 275. The maximum absolute atomic E-state index is 4.63. The Balaban J connectivity index is 1.90. The van der Waals surface area contributed by atoms with Crippen LogP contribution >= 0.6 is 0 Å². The van der Waals surface area contributed by atoms with Crippen molar-refractivity contribution in [1.82, 2.24) is 10.2 Å². The fourth-order valence-electron chi connectivity index (χ4n) is 3.25. The van der Waals surface area contributed by atoms with Crippen molar-refractivity contribution in [2.45, 2.75) is 64.8 Å². The van der Waals surface area contributed by atoms with E-state index >= 15 is 0 Å². The molecule has 2 unspecified atom stereocenters. The third-order valence-electron chi connectivity index (χ3n) is 4.44. The van der Waals surface area contributed by atoms with Crippen molar-refractivity contribution in [3.05, 3.63) is 0 Å². The normalized spacial score (nSPS) is 25.1. The van der Waals surface area contributed by atoms with Gasteiger partial charge >= 0.3 is 0 Å². The molecule has 2 aliphatic heterocycles. The van der Waals surface area contributed by atoms with E-state index < -0.39 is 0 Å². The molecule has 0 saturated carbocycles. The maximum atomic E-state index is 4.63. The highest BCUT2D eigenvalue weighted by Crippen LogP contribution is 2.25. The van der Waals surface area contributed by atoms with Crippen LogP contribution < -0.4 is 5.32 Å². The van der Waals surface area contributed by atoms with Gasteiger partial charge in [0, 0.05) is 25.7 Å². The number of nitrogens with one attached hydrogen (secondary N) is 1. The Labute approximate surface area is 112 Å². The van der Waals surface area contributed by atoms with Crippen LogP contribution in [0.1, 0.15) is 58.8 Å². The standard InChI is InChI=1S/C15H29N3/c1-3-5-7-13(4-2)12-14-8-10-17-15-16-9-6-11-18(14)15/h13-14H,3-12H2,1-2H3,(H,16,17). The molecule has 1 saturated heterocycles. The van der Waals surface area contributed by atoms with Crippen molar-refractivity contribution in [2.24, 2.45) is 10.9 Å². The molecule has 104 valence electrons. The molecule has 0 aromatic rings. The van der Waals surface area contributed by atoms with E-state index in [0.717, 1.165) is 25.0 Å². The molecule has 2 rings (SSSR count). The first-order chi connectivity index (χ1) is 8.85. The van der Waals surface area contributed by atoms with Gasteiger partial charge < -0.3 is 10.2 Å². The smallest absolute Gasteiger partial charge is 0.194 e. The van der Waals surface area contributed by atoms with Crippen LogP contribution in [0.4, 0.5) is 0 Å². The third kappa shape index (κ3) is 3.39. The summed E-state index contributed by atoms with van der Waals surface area (Å²) >= 11 is 0. The summed E-state index contributed by atoms with van der Waals surface area (Å²) in [5.41, 5.74) is 0. The highest BCUT2D eigenvalue weighted by Gasteiger charge is 2.29. The Hall–Kier alpha value is -0.730. The molecule has 2 atom stereocenters. The van der Waals surface area contributed by atoms with Crippen molar-refractivity contribution >= 4 is 5.96 Å². The number of guanidine groups is 1. The molecule has 0 spiro atoms. The zero-order chi connectivity index (χ0) is 12.8. The van der Waals surface area contributed by atoms with E-state index in [0.29, 0.717) is 0 Å².